The number of hydrogen-bond acceptors (Lipinski definition) is 1. The highest BCUT2D eigenvalue weighted by Crippen LogP contribution is 2.62. The zero-order chi connectivity index (χ0) is 23.7. The van der Waals surface area contributed by atoms with Crippen LogP contribution in [0.1, 0.15) is 22.3 Å². The lowest BCUT2D eigenvalue weighted by molar-refractivity contribution is 0.794. The summed E-state index contributed by atoms with van der Waals surface area (Å²) >= 11 is 0. The predicted molar refractivity (Wildman–Crippen MR) is 146 cm³/mol. The van der Waals surface area contributed by atoms with Gasteiger partial charge < -0.3 is 0 Å². The molecule has 36 heavy (non-hydrogen) atoms. The summed E-state index contributed by atoms with van der Waals surface area (Å²) in [4.78, 5) is 0. The normalized spacial score (nSPS) is 13.8. The maximum atomic E-state index is 4.72. The molecule has 2 heteroatoms. The van der Waals surface area contributed by atoms with Crippen molar-refractivity contribution in [2.75, 3.05) is 0 Å². The van der Waals surface area contributed by atoms with E-state index in [1.54, 1.807) is 0 Å². The number of fused-ring (bicyclic) bond motifs is 10. The number of hydrogen-bond donors (Lipinski definition) is 1. The van der Waals surface area contributed by atoms with E-state index in [1.165, 1.54) is 44.5 Å². The number of nitrogens with zero attached hydrogens (tertiary/aromatic N) is 1. The molecule has 5 aromatic carbocycles. The van der Waals surface area contributed by atoms with Crippen LogP contribution in [0.15, 0.2) is 127 Å². The molecule has 2 aliphatic rings. The van der Waals surface area contributed by atoms with Crippen LogP contribution in [-0.4, -0.2) is 10.2 Å². The molecule has 1 heterocycles. The summed E-state index contributed by atoms with van der Waals surface area (Å²) in [7, 11) is 0. The molecule has 0 aliphatic heterocycles. The van der Waals surface area contributed by atoms with Gasteiger partial charge in [-0.2, -0.15) is 5.10 Å². The minimum atomic E-state index is -0.326. The van der Waals surface area contributed by atoms with Gasteiger partial charge in [-0.3, -0.25) is 5.10 Å². The maximum Gasteiger partial charge on any atom is 0.0927 e. The van der Waals surface area contributed by atoms with E-state index in [4.69, 9.17) is 5.10 Å². The zero-order valence-corrected chi connectivity index (χ0v) is 19.6. The van der Waals surface area contributed by atoms with Crippen LogP contribution in [0.3, 0.4) is 0 Å². The minimum absolute atomic E-state index is 0.326. The van der Waals surface area contributed by atoms with Crippen molar-refractivity contribution >= 4 is 0 Å². The lowest BCUT2D eigenvalue weighted by Gasteiger charge is -2.30. The number of aromatic nitrogens is 2. The van der Waals surface area contributed by atoms with Gasteiger partial charge in [-0.15, -0.1) is 0 Å². The molecule has 0 radical (unpaired) electrons. The average Bonchev–Trinajstić information content (AvgIpc) is 3.63. The second-order valence-electron chi connectivity index (χ2n) is 9.68. The fourth-order valence-corrected chi connectivity index (χ4v) is 6.49. The molecule has 0 amide bonds. The van der Waals surface area contributed by atoms with Crippen LogP contribution in [0.4, 0.5) is 0 Å². The van der Waals surface area contributed by atoms with E-state index in [0.717, 1.165) is 22.5 Å². The van der Waals surface area contributed by atoms with Crippen LogP contribution in [0.5, 0.6) is 0 Å². The summed E-state index contributed by atoms with van der Waals surface area (Å²) < 4.78 is 0. The molecule has 0 saturated carbocycles. The first-order valence-electron chi connectivity index (χ1n) is 12.4. The van der Waals surface area contributed by atoms with Crippen molar-refractivity contribution in [3.63, 3.8) is 0 Å². The molecule has 168 valence electrons. The largest absolute Gasteiger partial charge is 0.277 e. The highest BCUT2D eigenvalue weighted by molar-refractivity contribution is 5.95. The van der Waals surface area contributed by atoms with Crippen molar-refractivity contribution in [1.82, 2.24) is 10.2 Å². The Kier molecular flexibility index (Phi) is 3.90. The third-order valence-electron chi connectivity index (χ3n) is 7.96. The van der Waals surface area contributed by atoms with Gasteiger partial charge in [-0.1, -0.05) is 115 Å². The van der Waals surface area contributed by atoms with E-state index in [1.807, 2.05) is 6.07 Å². The minimum Gasteiger partial charge on any atom is -0.277 e. The van der Waals surface area contributed by atoms with Crippen LogP contribution in [0.2, 0.25) is 0 Å². The van der Waals surface area contributed by atoms with E-state index in [-0.39, 0.29) is 5.41 Å². The van der Waals surface area contributed by atoms with Crippen LogP contribution >= 0.6 is 0 Å². The molecule has 6 aromatic rings. The maximum absolute atomic E-state index is 4.72. The Morgan fingerprint density at radius 2 is 0.972 bits per heavy atom. The smallest absolute Gasteiger partial charge is 0.0927 e. The topological polar surface area (TPSA) is 28.7 Å². The van der Waals surface area contributed by atoms with Crippen molar-refractivity contribution < 1.29 is 0 Å². The molecular formula is C34H22N2. The quantitative estimate of drug-likeness (QED) is 0.279. The molecular weight excluding hydrogens is 436 g/mol. The van der Waals surface area contributed by atoms with Gasteiger partial charge in [-0.05, 0) is 62.2 Å². The van der Waals surface area contributed by atoms with Crippen molar-refractivity contribution in [2.45, 2.75) is 5.41 Å². The van der Waals surface area contributed by atoms with Crippen molar-refractivity contribution in [1.29, 1.82) is 0 Å². The molecule has 0 unspecified atom stereocenters. The van der Waals surface area contributed by atoms with Gasteiger partial charge in [0.2, 0.25) is 0 Å². The summed E-state index contributed by atoms with van der Waals surface area (Å²) in [6, 6.07) is 46.2. The summed E-state index contributed by atoms with van der Waals surface area (Å²) in [6.07, 6.45) is 0. The summed E-state index contributed by atoms with van der Waals surface area (Å²) in [5, 5.41) is 7.96. The van der Waals surface area contributed by atoms with Crippen LogP contribution in [0.25, 0.3) is 44.8 Å². The predicted octanol–water partition coefficient (Wildman–Crippen LogP) is 8.09. The molecule has 0 fully saturated rings. The summed E-state index contributed by atoms with van der Waals surface area (Å²) in [5.74, 6) is 0. The van der Waals surface area contributed by atoms with Crippen molar-refractivity contribution in [2.24, 2.45) is 0 Å². The fraction of sp³-hybridized carbons (Fsp3) is 0.0294. The Labute approximate surface area is 209 Å². The first kappa shape index (κ1) is 19.6. The molecule has 0 atom stereocenters. The van der Waals surface area contributed by atoms with E-state index < -0.39 is 0 Å². The van der Waals surface area contributed by atoms with Gasteiger partial charge in [0.05, 0.1) is 16.8 Å². The van der Waals surface area contributed by atoms with Crippen LogP contribution in [-0.2, 0) is 5.41 Å². The first-order chi connectivity index (χ1) is 17.9. The Hall–Kier alpha value is -4.69. The van der Waals surface area contributed by atoms with E-state index >= 15 is 0 Å². The van der Waals surface area contributed by atoms with Gasteiger partial charge >= 0.3 is 0 Å². The zero-order valence-electron chi connectivity index (χ0n) is 19.6. The lowest BCUT2D eigenvalue weighted by Crippen LogP contribution is -2.25. The molecule has 2 nitrogen and oxygen atoms in total. The molecule has 0 bridgehead atoms. The van der Waals surface area contributed by atoms with E-state index in [0.29, 0.717) is 0 Å². The van der Waals surface area contributed by atoms with Crippen molar-refractivity contribution in [3.05, 3.63) is 150 Å². The summed E-state index contributed by atoms with van der Waals surface area (Å²) in [6.45, 7) is 0. The van der Waals surface area contributed by atoms with E-state index in [2.05, 4.69) is 126 Å². The number of H-pyrrole nitrogens is 1. The summed E-state index contributed by atoms with van der Waals surface area (Å²) in [5.41, 5.74) is 14.6. The SMILES string of the molecule is c1ccc(-c2cc(-c3ccc4c(c3)C3(c5ccccc5-c5ccccc53)c3ccccc3-4)n[nH]2)cc1. The highest BCUT2D eigenvalue weighted by atomic mass is 15.1. The average molecular weight is 459 g/mol. The van der Waals surface area contributed by atoms with Crippen LogP contribution < -0.4 is 0 Å². The highest BCUT2D eigenvalue weighted by Gasteiger charge is 2.51. The Morgan fingerprint density at radius 1 is 0.444 bits per heavy atom. The second kappa shape index (κ2) is 7.16. The molecule has 1 spiro atoms. The standard InChI is InChI=1S/C34H22N2/c1-2-10-22(11-3-1)32-21-33(36-35-32)23-18-19-27-26-14-6-9-17-30(26)34(31(27)20-23)28-15-7-4-12-24(28)25-13-5-8-16-29(25)34/h1-21H,(H,35,36). The van der Waals surface area contributed by atoms with Gasteiger partial charge in [0.1, 0.15) is 0 Å². The third-order valence-corrected chi connectivity index (χ3v) is 7.96. The lowest BCUT2D eigenvalue weighted by atomic mass is 9.70. The number of benzene rings is 5. The van der Waals surface area contributed by atoms with Crippen molar-refractivity contribution in [3.8, 4) is 44.8 Å². The number of nitrogens with one attached hydrogen (secondary N) is 1. The molecule has 1 N–H and O–H groups in total. The number of aromatic amines is 1. The second-order valence-corrected chi connectivity index (χ2v) is 9.68. The molecule has 8 rings (SSSR count). The number of rotatable bonds is 2. The van der Waals surface area contributed by atoms with Gasteiger partial charge in [0.15, 0.2) is 0 Å². The third kappa shape index (κ3) is 2.43. The van der Waals surface area contributed by atoms with Gasteiger partial charge in [0.25, 0.3) is 0 Å². The molecule has 0 saturated heterocycles. The molecule has 1 aromatic heterocycles. The van der Waals surface area contributed by atoms with Gasteiger partial charge in [-0.25, -0.2) is 0 Å². The fourth-order valence-electron chi connectivity index (χ4n) is 6.49. The molecule has 2 aliphatic carbocycles. The van der Waals surface area contributed by atoms with E-state index in [9.17, 15) is 0 Å². The van der Waals surface area contributed by atoms with Crippen LogP contribution in [0, 0.1) is 0 Å². The van der Waals surface area contributed by atoms with Gasteiger partial charge in [0, 0.05) is 5.56 Å². The Balaban J connectivity index is 1.40. The monoisotopic (exact) mass is 458 g/mol. The Morgan fingerprint density at radius 3 is 1.58 bits per heavy atom. The Bertz CT molecular complexity index is 1730. The first-order valence-corrected chi connectivity index (χ1v) is 12.4.